The second-order valence-corrected chi connectivity index (χ2v) is 8.87. The number of sulfonamides is 1. The van der Waals surface area contributed by atoms with Crippen LogP contribution in [0.5, 0.6) is 0 Å². The van der Waals surface area contributed by atoms with Crippen LogP contribution in [0.25, 0.3) is 11.3 Å². The molecule has 0 aliphatic carbocycles. The zero-order valence-electron chi connectivity index (χ0n) is 16.0. The summed E-state index contributed by atoms with van der Waals surface area (Å²) in [4.78, 5) is 10.9. The van der Waals surface area contributed by atoms with Gasteiger partial charge < -0.3 is 4.90 Å². The number of nitrogens with zero attached hydrogens (tertiary/aromatic N) is 4. The average molecular weight is 412 g/mol. The van der Waals surface area contributed by atoms with Crippen molar-refractivity contribution >= 4 is 15.8 Å². The Balaban J connectivity index is 1.49. The first-order valence-corrected chi connectivity index (χ1v) is 10.8. The highest BCUT2D eigenvalue weighted by Crippen LogP contribution is 2.24. The number of benzene rings is 2. The van der Waals surface area contributed by atoms with Crippen LogP contribution in [-0.2, 0) is 10.0 Å². The van der Waals surface area contributed by atoms with Gasteiger partial charge in [0.05, 0.1) is 10.6 Å². The van der Waals surface area contributed by atoms with Gasteiger partial charge in [0.15, 0.2) is 0 Å². The number of piperazine rings is 1. The van der Waals surface area contributed by atoms with Gasteiger partial charge in [-0.1, -0.05) is 30.3 Å². The van der Waals surface area contributed by atoms with Crippen molar-refractivity contribution in [2.75, 3.05) is 31.1 Å². The van der Waals surface area contributed by atoms with E-state index >= 15 is 0 Å². The second kappa shape index (κ2) is 7.88. The van der Waals surface area contributed by atoms with Crippen LogP contribution >= 0.6 is 0 Å². The van der Waals surface area contributed by atoms with Crippen LogP contribution in [0.15, 0.2) is 65.8 Å². The lowest BCUT2D eigenvalue weighted by Crippen LogP contribution is -2.48. The smallest absolute Gasteiger partial charge is 0.243 e. The summed E-state index contributed by atoms with van der Waals surface area (Å²) in [5, 5.41) is 0. The number of hydrogen-bond acceptors (Lipinski definition) is 5. The third-order valence-electron chi connectivity index (χ3n) is 5.05. The van der Waals surface area contributed by atoms with Gasteiger partial charge >= 0.3 is 0 Å². The second-order valence-electron chi connectivity index (χ2n) is 6.93. The Morgan fingerprint density at radius 3 is 2.34 bits per heavy atom. The summed E-state index contributed by atoms with van der Waals surface area (Å²) in [6.07, 6.45) is 1.53. The number of halogens is 1. The largest absolute Gasteiger partial charge is 0.354 e. The Hall–Kier alpha value is -2.84. The lowest BCUT2D eigenvalue weighted by molar-refractivity contribution is 0.383. The molecule has 0 unspecified atom stereocenters. The first kappa shape index (κ1) is 19.5. The molecule has 1 fully saturated rings. The lowest BCUT2D eigenvalue weighted by Gasteiger charge is -2.34. The van der Waals surface area contributed by atoms with Crippen molar-refractivity contribution in [2.24, 2.45) is 0 Å². The number of aryl methyl sites for hydroxylation is 1. The topological polar surface area (TPSA) is 66.4 Å². The van der Waals surface area contributed by atoms with Crippen LogP contribution in [0.1, 0.15) is 5.56 Å². The summed E-state index contributed by atoms with van der Waals surface area (Å²) in [5.41, 5.74) is 2.15. The minimum atomic E-state index is -3.65. The molecule has 1 aliphatic rings. The van der Waals surface area contributed by atoms with E-state index in [2.05, 4.69) is 14.9 Å². The van der Waals surface area contributed by atoms with Crippen molar-refractivity contribution in [1.29, 1.82) is 0 Å². The van der Waals surface area contributed by atoms with Gasteiger partial charge in [0, 0.05) is 37.8 Å². The third kappa shape index (κ3) is 3.99. The number of anilines is 1. The maximum Gasteiger partial charge on any atom is 0.243 e. The molecule has 1 saturated heterocycles. The molecule has 8 heteroatoms. The van der Waals surface area contributed by atoms with Gasteiger partial charge in [-0.2, -0.15) is 4.31 Å². The average Bonchev–Trinajstić information content (AvgIpc) is 2.76. The van der Waals surface area contributed by atoms with Crippen molar-refractivity contribution in [1.82, 2.24) is 14.3 Å². The van der Waals surface area contributed by atoms with E-state index in [0.29, 0.717) is 31.7 Å². The van der Waals surface area contributed by atoms with Crippen molar-refractivity contribution in [3.05, 3.63) is 72.3 Å². The predicted octanol–water partition coefficient (Wildman–Crippen LogP) is 3.10. The van der Waals surface area contributed by atoms with Gasteiger partial charge in [0.1, 0.15) is 18.0 Å². The zero-order valence-corrected chi connectivity index (χ0v) is 16.8. The summed E-state index contributed by atoms with van der Waals surface area (Å²) >= 11 is 0. The summed E-state index contributed by atoms with van der Waals surface area (Å²) in [5.74, 6) is 0.361. The van der Waals surface area contributed by atoms with E-state index in [1.54, 1.807) is 6.92 Å². The van der Waals surface area contributed by atoms with Crippen LogP contribution in [0.4, 0.5) is 10.2 Å². The van der Waals surface area contributed by atoms with Crippen molar-refractivity contribution in [3.8, 4) is 11.3 Å². The Labute approximate surface area is 169 Å². The molecule has 4 rings (SSSR count). The van der Waals surface area contributed by atoms with Gasteiger partial charge in [0.2, 0.25) is 10.0 Å². The van der Waals surface area contributed by atoms with Gasteiger partial charge in [0.25, 0.3) is 0 Å². The van der Waals surface area contributed by atoms with E-state index in [1.165, 1.54) is 28.8 Å². The molecule has 0 spiro atoms. The first-order chi connectivity index (χ1) is 13.9. The Kier molecular flexibility index (Phi) is 5.29. The van der Waals surface area contributed by atoms with E-state index < -0.39 is 15.8 Å². The number of hydrogen-bond donors (Lipinski definition) is 0. The van der Waals surface area contributed by atoms with Crippen LogP contribution in [0.3, 0.4) is 0 Å². The fourth-order valence-corrected chi connectivity index (χ4v) is 4.88. The van der Waals surface area contributed by atoms with E-state index in [9.17, 15) is 12.8 Å². The van der Waals surface area contributed by atoms with Crippen molar-refractivity contribution < 1.29 is 12.8 Å². The van der Waals surface area contributed by atoms with Crippen molar-refractivity contribution in [3.63, 3.8) is 0 Å². The molecular weight excluding hydrogens is 391 g/mol. The molecule has 1 aromatic heterocycles. The maximum absolute atomic E-state index is 13.5. The molecule has 2 heterocycles. The zero-order chi connectivity index (χ0) is 20.4. The molecule has 0 atom stereocenters. The Morgan fingerprint density at radius 1 is 0.931 bits per heavy atom. The van der Waals surface area contributed by atoms with E-state index in [0.717, 1.165) is 17.1 Å². The molecule has 150 valence electrons. The van der Waals surface area contributed by atoms with Gasteiger partial charge in [-0.05, 0) is 30.7 Å². The molecule has 6 nitrogen and oxygen atoms in total. The molecule has 0 amide bonds. The SMILES string of the molecule is Cc1cc(S(=O)(=O)N2CCN(c3cc(-c4ccccc4)ncn3)CC2)ccc1F. The summed E-state index contributed by atoms with van der Waals surface area (Å²) in [6, 6.07) is 15.7. The lowest BCUT2D eigenvalue weighted by atomic mass is 10.1. The summed E-state index contributed by atoms with van der Waals surface area (Å²) in [6.45, 7) is 3.27. The molecular formula is C21H21FN4O2S. The molecule has 0 radical (unpaired) electrons. The minimum absolute atomic E-state index is 0.123. The quantitative estimate of drug-likeness (QED) is 0.659. The van der Waals surface area contributed by atoms with E-state index in [4.69, 9.17) is 0 Å². The summed E-state index contributed by atoms with van der Waals surface area (Å²) in [7, 11) is -3.65. The van der Waals surface area contributed by atoms with Gasteiger partial charge in [-0.25, -0.2) is 22.8 Å². The first-order valence-electron chi connectivity index (χ1n) is 9.34. The standard InChI is InChI=1S/C21H21FN4O2S/c1-16-13-18(7-8-19(16)22)29(27,28)26-11-9-25(10-12-26)21-14-20(23-15-24-21)17-5-3-2-4-6-17/h2-8,13-15H,9-12H2,1H3. The van der Waals surface area contributed by atoms with Gasteiger partial charge in [-0.15, -0.1) is 0 Å². The highest BCUT2D eigenvalue weighted by Gasteiger charge is 2.29. The molecule has 0 bridgehead atoms. The molecule has 29 heavy (non-hydrogen) atoms. The Bertz CT molecular complexity index is 1110. The highest BCUT2D eigenvalue weighted by atomic mass is 32.2. The monoisotopic (exact) mass is 412 g/mol. The van der Waals surface area contributed by atoms with Crippen molar-refractivity contribution in [2.45, 2.75) is 11.8 Å². The van der Waals surface area contributed by atoms with Crippen LogP contribution in [0.2, 0.25) is 0 Å². The molecule has 1 aliphatic heterocycles. The molecule has 2 aromatic carbocycles. The van der Waals surface area contributed by atoms with Gasteiger partial charge in [-0.3, -0.25) is 0 Å². The van der Waals surface area contributed by atoms with Crippen LogP contribution < -0.4 is 4.90 Å². The number of aromatic nitrogens is 2. The molecule has 0 N–H and O–H groups in total. The van der Waals surface area contributed by atoms with Crippen LogP contribution in [-0.4, -0.2) is 48.9 Å². The molecule has 0 saturated carbocycles. The fraction of sp³-hybridized carbons (Fsp3) is 0.238. The maximum atomic E-state index is 13.5. The van der Waals surface area contributed by atoms with E-state index in [-0.39, 0.29) is 4.90 Å². The number of rotatable bonds is 4. The minimum Gasteiger partial charge on any atom is -0.354 e. The molecule has 3 aromatic rings. The summed E-state index contributed by atoms with van der Waals surface area (Å²) < 4.78 is 40.7. The highest BCUT2D eigenvalue weighted by molar-refractivity contribution is 7.89. The Morgan fingerprint density at radius 2 is 1.66 bits per heavy atom. The fourth-order valence-electron chi connectivity index (χ4n) is 3.37. The van der Waals surface area contributed by atoms with Crippen LogP contribution in [0, 0.1) is 12.7 Å². The van der Waals surface area contributed by atoms with E-state index in [1.807, 2.05) is 36.4 Å². The predicted molar refractivity (Wildman–Crippen MR) is 110 cm³/mol. The normalized spacial score (nSPS) is 15.4. The third-order valence-corrected chi connectivity index (χ3v) is 6.95.